The van der Waals surface area contributed by atoms with Gasteiger partial charge < -0.3 is 5.43 Å². The summed E-state index contributed by atoms with van der Waals surface area (Å²) in [5.41, 5.74) is 6.41. The minimum absolute atomic E-state index is 0.161. The van der Waals surface area contributed by atoms with E-state index in [1.807, 2.05) is 67.6 Å². The summed E-state index contributed by atoms with van der Waals surface area (Å²) in [5, 5.41) is 1.85. The summed E-state index contributed by atoms with van der Waals surface area (Å²) in [6, 6.07) is 20.4. The van der Waals surface area contributed by atoms with Crippen LogP contribution in [0.2, 0.25) is 10.0 Å². The van der Waals surface area contributed by atoms with E-state index in [9.17, 15) is 4.79 Å². The summed E-state index contributed by atoms with van der Waals surface area (Å²) in [5.74, 6) is 0.513. The lowest BCUT2D eigenvalue weighted by atomic mass is 10.1. The summed E-state index contributed by atoms with van der Waals surface area (Å²) in [6.07, 6.45) is 0. The van der Waals surface area contributed by atoms with Gasteiger partial charge in [-0.1, -0.05) is 59.6 Å². The molecule has 0 unspecified atom stereocenters. The fourth-order valence-corrected chi connectivity index (χ4v) is 3.28. The van der Waals surface area contributed by atoms with E-state index in [0.717, 1.165) is 16.7 Å². The number of aromatic nitrogens is 2. The van der Waals surface area contributed by atoms with Crippen molar-refractivity contribution >= 4 is 34.1 Å². The second kappa shape index (κ2) is 7.66. The molecule has 6 heteroatoms. The van der Waals surface area contributed by atoms with Gasteiger partial charge in [-0.3, -0.25) is 4.79 Å². The van der Waals surface area contributed by atoms with Gasteiger partial charge in [0.15, 0.2) is 5.82 Å². The Hall–Kier alpha value is -2.82. The van der Waals surface area contributed by atoms with Gasteiger partial charge in [0.25, 0.3) is 5.56 Å². The molecule has 140 valence electrons. The van der Waals surface area contributed by atoms with E-state index in [1.165, 1.54) is 4.68 Å². The van der Waals surface area contributed by atoms with Crippen LogP contribution >= 0.6 is 23.2 Å². The summed E-state index contributed by atoms with van der Waals surface area (Å²) in [6.45, 7) is 2.38. The predicted octanol–water partition coefficient (Wildman–Crippen LogP) is 5.42. The number of nitrogens with one attached hydrogen (secondary N) is 1. The van der Waals surface area contributed by atoms with E-state index < -0.39 is 0 Å². The second-order valence-electron chi connectivity index (χ2n) is 6.52. The number of fused-ring (bicyclic) bond motifs is 1. The molecule has 0 radical (unpaired) electrons. The minimum atomic E-state index is -0.161. The van der Waals surface area contributed by atoms with Crippen LogP contribution in [0.1, 0.15) is 11.1 Å². The van der Waals surface area contributed by atoms with Crippen molar-refractivity contribution in [2.24, 2.45) is 0 Å². The van der Waals surface area contributed by atoms with Crippen LogP contribution in [0.3, 0.4) is 0 Å². The standard InChI is InChI=1S/C22H17Cl2N3O/c1-14-6-9-16(12-19(14)24)21-26-20-5-3-2-4-18(20)22(28)27(21)25-13-15-7-10-17(23)11-8-15/h2-12,25H,13H2,1H3. The Morgan fingerprint density at radius 2 is 1.75 bits per heavy atom. The van der Waals surface area contributed by atoms with Crippen LogP contribution in [0, 0.1) is 6.92 Å². The van der Waals surface area contributed by atoms with E-state index in [4.69, 9.17) is 28.2 Å². The van der Waals surface area contributed by atoms with Gasteiger partial charge in [-0.05, 0) is 48.4 Å². The smallest absolute Gasteiger partial charge is 0.280 e. The molecule has 0 saturated carbocycles. The van der Waals surface area contributed by atoms with Gasteiger partial charge in [0, 0.05) is 15.6 Å². The summed E-state index contributed by atoms with van der Waals surface area (Å²) in [4.78, 5) is 17.9. The van der Waals surface area contributed by atoms with E-state index in [1.54, 1.807) is 6.07 Å². The molecular formula is C22H17Cl2N3O. The first kappa shape index (κ1) is 18.5. The average molecular weight is 410 g/mol. The highest BCUT2D eigenvalue weighted by atomic mass is 35.5. The van der Waals surface area contributed by atoms with E-state index in [0.29, 0.717) is 33.3 Å². The normalized spacial score (nSPS) is 11.0. The lowest BCUT2D eigenvalue weighted by Crippen LogP contribution is -2.31. The second-order valence-corrected chi connectivity index (χ2v) is 7.36. The molecule has 1 aromatic heterocycles. The maximum atomic E-state index is 13.2. The Labute approximate surface area is 172 Å². The molecule has 0 amide bonds. The molecule has 4 aromatic rings. The SMILES string of the molecule is Cc1ccc(-c2nc3ccccc3c(=O)n2NCc2ccc(Cl)cc2)cc1Cl. The first-order valence-electron chi connectivity index (χ1n) is 8.79. The number of benzene rings is 3. The maximum absolute atomic E-state index is 13.2. The molecule has 0 spiro atoms. The zero-order valence-corrected chi connectivity index (χ0v) is 16.6. The fraction of sp³-hybridized carbons (Fsp3) is 0.0909. The van der Waals surface area contributed by atoms with Crippen molar-refractivity contribution in [1.82, 2.24) is 9.66 Å². The number of halogens is 2. The molecule has 28 heavy (non-hydrogen) atoms. The number of aryl methyl sites for hydroxylation is 1. The lowest BCUT2D eigenvalue weighted by molar-refractivity contribution is 0.801. The highest BCUT2D eigenvalue weighted by Gasteiger charge is 2.13. The van der Waals surface area contributed by atoms with Gasteiger partial charge in [0.2, 0.25) is 0 Å². The summed E-state index contributed by atoms with van der Waals surface area (Å²) >= 11 is 12.3. The molecule has 1 heterocycles. The molecule has 0 aliphatic carbocycles. The number of nitrogens with zero attached hydrogens (tertiary/aromatic N) is 2. The van der Waals surface area contributed by atoms with Crippen molar-refractivity contribution in [3.8, 4) is 11.4 Å². The highest BCUT2D eigenvalue weighted by Crippen LogP contribution is 2.24. The average Bonchev–Trinajstić information content (AvgIpc) is 2.70. The number of para-hydroxylation sites is 1. The monoisotopic (exact) mass is 409 g/mol. The Bertz CT molecular complexity index is 1220. The zero-order chi connectivity index (χ0) is 19.7. The lowest BCUT2D eigenvalue weighted by Gasteiger charge is -2.16. The molecule has 0 bridgehead atoms. The van der Waals surface area contributed by atoms with Crippen LogP contribution in [0.5, 0.6) is 0 Å². The van der Waals surface area contributed by atoms with Crippen molar-refractivity contribution in [3.63, 3.8) is 0 Å². The molecule has 4 rings (SSSR count). The molecule has 4 nitrogen and oxygen atoms in total. The van der Waals surface area contributed by atoms with Crippen molar-refractivity contribution in [1.29, 1.82) is 0 Å². The Morgan fingerprint density at radius 1 is 1.00 bits per heavy atom. The van der Waals surface area contributed by atoms with Gasteiger partial charge in [-0.15, -0.1) is 0 Å². The largest absolute Gasteiger partial charge is 0.317 e. The number of hydrogen-bond acceptors (Lipinski definition) is 3. The quantitative estimate of drug-likeness (QED) is 0.489. The van der Waals surface area contributed by atoms with E-state index in [2.05, 4.69) is 5.43 Å². The Morgan fingerprint density at radius 3 is 2.50 bits per heavy atom. The molecule has 1 N–H and O–H groups in total. The summed E-state index contributed by atoms with van der Waals surface area (Å²) in [7, 11) is 0. The molecule has 3 aromatic carbocycles. The molecule has 0 fully saturated rings. The minimum Gasteiger partial charge on any atom is -0.317 e. The number of hydrogen-bond donors (Lipinski definition) is 1. The van der Waals surface area contributed by atoms with Crippen molar-refractivity contribution < 1.29 is 0 Å². The van der Waals surface area contributed by atoms with Gasteiger partial charge in [0.1, 0.15) is 0 Å². The Kier molecular flexibility index (Phi) is 5.07. The van der Waals surface area contributed by atoms with Gasteiger partial charge >= 0.3 is 0 Å². The van der Waals surface area contributed by atoms with Gasteiger partial charge in [-0.2, -0.15) is 0 Å². The third kappa shape index (κ3) is 3.61. The van der Waals surface area contributed by atoms with Crippen LogP contribution in [-0.2, 0) is 6.54 Å². The van der Waals surface area contributed by atoms with Crippen LogP contribution < -0.4 is 11.0 Å². The van der Waals surface area contributed by atoms with Crippen molar-refractivity contribution in [3.05, 3.63) is 98.3 Å². The predicted molar refractivity (Wildman–Crippen MR) is 116 cm³/mol. The van der Waals surface area contributed by atoms with Crippen LogP contribution in [-0.4, -0.2) is 9.66 Å². The topological polar surface area (TPSA) is 46.9 Å². The molecule has 0 saturated heterocycles. The zero-order valence-electron chi connectivity index (χ0n) is 15.1. The van der Waals surface area contributed by atoms with Crippen LogP contribution in [0.25, 0.3) is 22.3 Å². The van der Waals surface area contributed by atoms with E-state index in [-0.39, 0.29) is 5.56 Å². The molecule has 0 aliphatic rings. The van der Waals surface area contributed by atoms with Gasteiger partial charge in [-0.25, -0.2) is 9.66 Å². The third-order valence-electron chi connectivity index (χ3n) is 4.56. The van der Waals surface area contributed by atoms with Crippen LogP contribution in [0.4, 0.5) is 0 Å². The van der Waals surface area contributed by atoms with Crippen molar-refractivity contribution in [2.45, 2.75) is 13.5 Å². The maximum Gasteiger partial charge on any atom is 0.280 e. The van der Waals surface area contributed by atoms with E-state index >= 15 is 0 Å². The number of rotatable bonds is 4. The molecule has 0 atom stereocenters. The van der Waals surface area contributed by atoms with Crippen LogP contribution in [0.15, 0.2) is 71.5 Å². The third-order valence-corrected chi connectivity index (χ3v) is 5.22. The van der Waals surface area contributed by atoms with Gasteiger partial charge in [0.05, 0.1) is 17.4 Å². The molecular weight excluding hydrogens is 393 g/mol. The van der Waals surface area contributed by atoms with Crippen molar-refractivity contribution in [2.75, 3.05) is 5.43 Å². The highest BCUT2D eigenvalue weighted by molar-refractivity contribution is 6.31. The Balaban J connectivity index is 1.84. The summed E-state index contributed by atoms with van der Waals surface area (Å²) < 4.78 is 1.48. The first-order valence-corrected chi connectivity index (χ1v) is 9.55. The molecule has 0 aliphatic heterocycles. The fourth-order valence-electron chi connectivity index (χ4n) is 2.98. The first-order chi connectivity index (χ1) is 13.5.